The van der Waals surface area contributed by atoms with E-state index in [1.54, 1.807) is 0 Å². The number of nitrogens with zero attached hydrogens (tertiary/aromatic N) is 4. The lowest BCUT2D eigenvalue weighted by Crippen LogP contribution is -2.31. The SMILES string of the molecule is O=[N+]([O-])c1nc(Br)n(CC(O)CNC2CC2)n1. The monoisotopic (exact) mass is 305 g/mol. The summed E-state index contributed by atoms with van der Waals surface area (Å²) < 4.78 is 1.52. The van der Waals surface area contributed by atoms with Gasteiger partial charge >= 0.3 is 5.95 Å². The number of halogens is 1. The van der Waals surface area contributed by atoms with E-state index in [0.29, 0.717) is 12.6 Å². The van der Waals surface area contributed by atoms with Crippen LogP contribution in [0.2, 0.25) is 0 Å². The highest BCUT2D eigenvalue weighted by atomic mass is 79.9. The molecule has 1 aliphatic carbocycles. The zero-order valence-corrected chi connectivity index (χ0v) is 10.5. The summed E-state index contributed by atoms with van der Waals surface area (Å²) in [5.41, 5.74) is 0. The molecule has 1 atom stereocenters. The summed E-state index contributed by atoms with van der Waals surface area (Å²) in [6, 6.07) is 0.512. The Bertz CT molecular complexity index is 419. The third kappa shape index (κ3) is 3.45. The number of nitrogens with one attached hydrogen (secondary N) is 1. The number of nitro groups is 1. The Morgan fingerprint density at radius 1 is 1.71 bits per heavy atom. The van der Waals surface area contributed by atoms with E-state index in [0.717, 1.165) is 12.8 Å². The van der Waals surface area contributed by atoms with Gasteiger partial charge in [0.2, 0.25) is 0 Å². The molecule has 1 saturated carbocycles. The molecule has 1 aromatic heterocycles. The Morgan fingerprint density at radius 2 is 2.41 bits per heavy atom. The van der Waals surface area contributed by atoms with Crippen molar-refractivity contribution in [1.29, 1.82) is 0 Å². The Balaban J connectivity index is 1.89. The minimum atomic E-state index is -0.671. The van der Waals surface area contributed by atoms with Gasteiger partial charge in [0, 0.05) is 33.6 Å². The van der Waals surface area contributed by atoms with Gasteiger partial charge in [-0.05, 0) is 22.7 Å². The van der Waals surface area contributed by atoms with Crippen LogP contribution in [0, 0.1) is 10.1 Å². The van der Waals surface area contributed by atoms with Gasteiger partial charge in [0.15, 0.2) is 0 Å². The zero-order valence-electron chi connectivity index (χ0n) is 8.91. The molecular weight excluding hydrogens is 294 g/mol. The van der Waals surface area contributed by atoms with Crippen molar-refractivity contribution in [3.63, 3.8) is 0 Å². The third-order valence-corrected chi connectivity index (χ3v) is 2.97. The third-order valence-electron chi connectivity index (χ3n) is 2.38. The second-order valence-corrected chi connectivity index (χ2v) is 4.67. The van der Waals surface area contributed by atoms with E-state index in [2.05, 4.69) is 31.3 Å². The second-order valence-electron chi connectivity index (χ2n) is 3.96. The summed E-state index contributed by atoms with van der Waals surface area (Å²) in [4.78, 5) is 13.4. The molecule has 1 fully saturated rings. The van der Waals surface area contributed by atoms with E-state index >= 15 is 0 Å². The summed E-state index contributed by atoms with van der Waals surface area (Å²) in [6.07, 6.45) is 1.64. The molecule has 94 valence electrons. The van der Waals surface area contributed by atoms with Crippen LogP contribution >= 0.6 is 15.9 Å². The molecule has 2 N–H and O–H groups in total. The Kier molecular flexibility index (Phi) is 3.69. The van der Waals surface area contributed by atoms with Crippen LogP contribution in [0.15, 0.2) is 4.73 Å². The van der Waals surface area contributed by atoms with Crippen molar-refractivity contribution >= 4 is 21.9 Å². The standard InChI is InChI=1S/C8H12BrN5O3/c9-7-11-8(14(16)17)12-13(7)4-6(15)3-10-5-1-2-5/h5-6,10,15H,1-4H2. The maximum Gasteiger partial charge on any atom is 0.492 e. The largest absolute Gasteiger partial charge is 0.492 e. The predicted molar refractivity (Wildman–Crippen MR) is 61.4 cm³/mol. The molecule has 1 aliphatic rings. The molecule has 0 aromatic carbocycles. The van der Waals surface area contributed by atoms with Gasteiger partial charge in [0.05, 0.1) is 12.6 Å². The Labute approximate surface area is 105 Å². The fourth-order valence-corrected chi connectivity index (χ4v) is 1.74. The summed E-state index contributed by atoms with van der Waals surface area (Å²) in [5.74, 6) is -0.473. The van der Waals surface area contributed by atoms with Crippen LogP contribution in [-0.2, 0) is 6.54 Å². The van der Waals surface area contributed by atoms with Crippen LogP contribution in [0.4, 0.5) is 5.95 Å². The lowest BCUT2D eigenvalue weighted by molar-refractivity contribution is -0.394. The second kappa shape index (κ2) is 5.07. The quantitative estimate of drug-likeness (QED) is 0.569. The van der Waals surface area contributed by atoms with E-state index in [1.165, 1.54) is 4.68 Å². The fourth-order valence-electron chi connectivity index (χ4n) is 1.36. The van der Waals surface area contributed by atoms with Crippen LogP contribution in [0.1, 0.15) is 12.8 Å². The van der Waals surface area contributed by atoms with Crippen LogP contribution in [-0.4, -0.2) is 43.5 Å². The van der Waals surface area contributed by atoms with Crippen LogP contribution < -0.4 is 5.32 Å². The highest BCUT2D eigenvalue weighted by Crippen LogP contribution is 2.18. The minimum absolute atomic E-state index is 0.168. The zero-order chi connectivity index (χ0) is 12.4. The van der Waals surface area contributed by atoms with Gasteiger partial charge in [-0.15, -0.1) is 0 Å². The average molecular weight is 306 g/mol. The normalized spacial score (nSPS) is 17.1. The molecule has 0 bridgehead atoms. The molecular formula is C8H12BrN5O3. The first kappa shape index (κ1) is 12.4. The van der Waals surface area contributed by atoms with E-state index < -0.39 is 17.0 Å². The Hall–Kier alpha value is -1.06. The molecule has 8 nitrogen and oxygen atoms in total. The minimum Gasteiger partial charge on any atom is -0.390 e. The number of aromatic nitrogens is 3. The molecule has 17 heavy (non-hydrogen) atoms. The van der Waals surface area contributed by atoms with Gasteiger partial charge in [0.25, 0.3) is 4.73 Å². The maximum atomic E-state index is 10.4. The average Bonchev–Trinajstić information content (AvgIpc) is 3.02. The van der Waals surface area contributed by atoms with Crippen molar-refractivity contribution in [2.45, 2.75) is 31.5 Å². The van der Waals surface area contributed by atoms with Crippen molar-refractivity contribution in [3.05, 3.63) is 14.8 Å². The van der Waals surface area contributed by atoms with Crippen molar-refractivity contribution in [2.24, 2.45) is 0 Å². The van der Waals surface area contributed by atoms with Crippen LogP contribution in [0.3, 0.4) is 0 Å². The van der Waals surface area contributed by atoms with E-state index in [4.69, 9.17) is 0 Å². The van der Waals surface area contributed by atoms with Crippen molar-refractivity contribution in [1.82, 2.24) is 20.1 Å². The molecule has 0 radical (unpaired) electrons. The van der Waals surface area contributed by atoms with Crippen LogP contribution in [0.5, 0.6) is 0 Å². The highest BCUT2D eigenvalue weighted by Gasteiger charge is 2.24. The highest BCUT2D eigenvalue weighted by molar-refractivity contribution is 9.10. The van der Waals surface area contributed by atoms with E-state index in [1.807, 2.05) is 0 Å². The maximum absolute atomic E-state index is 10.4. The molecule has 0 aliphatic heterocycles. The number of aliphatic hydroxyl groups excluding tert-OH is 1. The molecule has 1 unspecified atom stereocenters. The number of rotatable bonds is 6. The lowest BCUT2D eigenvalue weighted by Gasteiger charge is -2.09. The molecule has 1 heterocycles. The molecule has 1 aromatic rings. The van der Waals surface area contributed by atoms with Gasteiger partial charge in [0.1, 0.15) is 0 Å². The molecule has 2 rings (SSSR count). The summed E-state index contributed by atoms with van der Waals surface area (Å²) in [7, 11) is 0. The van der Waals surface area contributed by atoms with E-state index in [-0.39, 0.29) is 11.3 Å². The van der Waals surface area contributed by atoms with E-state index in [9.17, 15) is 15.2 Å². The smallest absolute Gasteiger partial charge is 0.390 e. The number of aliphatic hydroxyl groups is 1. The van der Waals surface area contributed by atoms with Gasteiger partial charge < -0.3 is 20.5 Å². The molecule has 0 saturated heterocycles. The van der Waals surface area contributed by atoms with Crippen molar-refractivity contribution in [3.8, 4) is 0 Å². The van der Waals surface area contributed by atoms with Gasteiger partial charge in [-0.25, -0.2) is 0 Å². The number of hydrogen-bond donors (Lipinski definition) is 2. The molecule has 0 spiro atoms. The summed E-state index contributed by atoms with van der Waals surface area (Å²) in [5, 5.41) is 27.0. The van der Waals surface area contributed by atoms with Crippen LogP contribution in [0.25, 0.3) is 0 Å². The summed E-state index contributed by atoms with van der Waals surface area (Å²) in [6.45, 7) is 0.617. The molecule has 9 heteroatoms. The van der Waals surface area contributed by atoms with Gasteiger partial charge in [-0.2, -0.15) is 4.68 Å². The lowest BCUT2D eigenvalue weighted by atomic mass is 10.3. The van der Waals surface area contributed by atoms with Crippen molar-refractivity contribution < 1.29 is 10.0 Å². The topological polar surface area (TPSA) is 106 Å². The Morgan fingerprint density at radius 3 is 2.94 bits per heavy atom. The van der Waals surface area contributed by atoms with Crippen molar-refractivity contribution in [2.75, 3.05) is 6.54 Å². The predicted octanol–water partition coefficient (Wildman–Crippen LogP) is 0.0617. The first-order valence-electron chi connectivity index (χ1n) is 5.22. The summed E-state index contributed by atoms with van der Waals surface area (Å²) >= 11 is 3.06. The number of hydrogen-bond acceptors (Lipinski definition) is 6. The first-order chi connectivity index (χ1) is 8.06. The fraction of sp³-hybridized carbons (Fsp3) is 0.750. The first-order valence-corrected chi connectivity index (χ1v) is 6.01. The van der Waals surface area contributed by atoms with Gasteiger partial charge in [-0.3, -0.25) is 0 Å². The molecule has 0 amide bonds. The van der Waals surface area contributed by atoms with Gasteiger partial charge in [-0.1, -0.05) is 0 Å².